The Labute approximate surface area is 88.8 Å². The summed E-state index contributed by atoms with van der Waals surface area (Å²) in [7, 11) is 0. The fourth-order valence-corrected chi connectivity index (χ4v) is 1.93. The van der Waals surface area contributed by atoms with E-state index in [-0.39, 0.29) is 11.9 Å². The zero-order valence-corrected chi connectivity index (χ0v) is 8.51. The van der Waals surface area contributed by atoms with E-state index in [2.05, 4.69) is 15.0 Å². The van der Waals surface area contributed by atoms with Crippen LogP contribution < -0.4 is 11.5 Å². The van der Waals surface area contributed by atoms with Crippen LogP contribution in [0.2, 0.25) is 4.34 Å². The summed E-state index contributed by atoms with van der Waals surface area (Å²) in [4.78, 5) is 12.4. The molecule has 5 nitrogen and oxygen atoms in total. The molecule has 0 amide bonds. The molecule has 7 heteroatoms. The number of nitrogen functional groups attached to an aromatic ring is 2. The molecule has 0 saturated heterocycles. The molecule has 0 radical (unpaired) electrons. The van der Waals surface area contributed by atoms with Gasteiger partial charge < -0.3 is 11.5 Å². The van der Waals surface area contributed by atoms with E-state index >= 15 is 0 Å². The summed E-state index contributed by atoms with van der Waals surface area (Å²) in [6, 6.07) is 3.57. The molecule has 0 aromatic carbocycles. The minimum atomic E-state index is 0.108. The molecule has 0 bridgehead atoms. The van der Waals surface area contributed by atoms with Crippen LogP contribution in [0.3, 0.4) is 0 Å². The van der Waals surface area contributed by atoms with Crippen LogP contribution >= 0.6 is 22.9 Å². The molecule has 0 aliphatic heterocycles. The predicted octanol–water partition coefficient (Wildman–Crippen LogP) is 1.42. The molecule has 14 heavy (non-hydrogen) atoms. The van der Waals surface area contributed by atoms with Gasteiger partial charge in [-0.1, -0.05) is 11.6 Å². The number of halogens is 1. The maximum atomic E-state index is 5.77. The van der Waals surface area contributed by atoms with Crippen LogP contribution in [0.15, 0.2) is 12.1 Å². The van der Waals surface area contributed by atoms with E-state index in [0.717, 1.165) is 4.88 Å². The molecular formula is C7H6ClN5S. The maximum Gasteiger partial charge on any atom is 0.225 e. The summed E-state index contributed by atoms with van der Waals surface area (Å²) in [5.74, 6) is 0.668. The molecule has 0 atom stereocenters. The Hall–Kier alpha value is -1.40. The topological polar surface area (TPSA) is 90.7 Å². The lowest BCUT2D eigenvalue weighted by Gasteiger charge is -1.98. The average Bonchev–Trinajstić information content (AvgIpc) is 2.50. The third-order valence-corrected chi connectivity index (χ3v) is 2.69. The van der Waals surface area contributed by atoms with Crippen molar-refractivity contribution in [2.24, 2.45) is 0 Å². The lowest BCUT2D eigenvalue weighted by molar-refractivity contribution is 1.09. The normalized spacial score (nSPS) is 10.4. The molecule has 0 spiro atoms. The molecule has 0 fully saturated rings. The minimum Gasteiger partial charge on any atom is -0.368 e. The molecular weight excluding hydrogens is 222 g/mol. The molecule has 0 unspecified atom stereocenters. The summed E-state index contributed by atoms with van der Waals surface area (Å²) >= 11 is 7.13. The number of hydrogen-bond acceptors (Lipinski definition) is 6. The van der Waals surface area contributed by atoms with E-state index in [0.29, 0.717) is 10.2 Å². The minimum absolute atomic E-state index is 0.108. The molecule has 0 aliphatic carbocycles. The van der Waals surface area contributed by atoms with Gasteiger partial charge in [0, 0.05) is 0 Å². The van der Waals surface area contributed by atoms with Gasteiger partial charge in [-0.2, -0.15) is 15.0 Å². The van der Waals surface area contributed by atoms with Crippen LogP contribution in [0.4, 0.5) is 11.9 Å². The van der Waals surface area contributed by atoms with Crippen molar-refractivity contribution in [1.29, 1.82) is 0 Å². The number of rotatable bonds is 1. The van der Waals surface area contributed by atoms with Gasteiger partial charge in [-0.25, -0.2) is 0 Å². The summed E-state index contributed by atoms with van der Waals surface area (Å²) in [6.45, 7) is 0. The van der Waals surface area contributed by atoms with Gasteiger partial charge in [0.1, 0.15) is 0 Å². The van der Waals surface area contributed by atoms with E-state index in [9.17, 15) is 0 Å². The lowest BCUT2D eigenvalue weighted by Crippen LogP contribution is -2.03. The lowest BCUT2D eigenvalue weighted by atomic mass is 10.4. The van der Waals surface area contributed by atoms with E-state index in [1.165, 1.54) is 11.3 Å². The highest BCUT2D eigenvalue weighted by Gasteiger charge is 2.07. The van der Waals surface area contributed by atoms with E-state index in [4.69, 9.17) is 23.1 Å². The monoisotopic (exact) mass is 227 g/mol. The van der Waals surface area contributed by atoms with E-state index < -0.39 is 0 Å². The van der Waals surface area contributed by atoms with Gasteiger partial charge in [-0.15, -0.1) is 11.3 Å². The Morgan fingerprint density at radius 2 is 1.71 bits per heavy atom. The van der Waals surface area contributed by atoms with Gasteiger partial charge in [-0.3, -0.25) is 0 Å². The highest BCUT2D eigenvalue weighted by Crippen LogP contribution is 2.28. The van der Waals surface area contributed by atoms with Crippen LogP contribution in [0.25, 0.3) is 10.7 Å². The number of anilines is 2. The molecule has 2 rings (SSSR count). The highest BCUT2D eigenvalue weighted by atomic mass is 35.5. The first-order valence-corrected chi connectivity index (χ1v) is 4.87. The number of nitrogens with zero attached hydrogens (tertiary/aromatic N) is 3. The second-order valence-corrected chi connectivity index (χ2v) is 4.19. The number of aromatic nitrogens is 3. The van der Waals surface area contributed by atoms with Crippen LogP contribution in [-0.4, -0.2) is 15.0 Å². The Morgan fingerprint density at radius 1 is 1.07 bits per heavy atom. The fraction of sp³-hybridized carbons (Fsp3) is 0. The summed E-state index contributed by atoms with van der Waals surface area (Å²) in [5.41, 5.74) is 10.9. The van der Waals surface area contributed by atoms with E-state index in [1.54, 1.807) is 12.1 Å². The number of hydrogen-bond donors (Lipinski definition) is 2. The first kappa shape index (κ1) is 9.17. The van der Waals surface area contributed by atoms with Gasteiger partial charge in [0.05, 0.1) is 9.21 Å². The van der Waals surface area contributed by atoms with Crippen molar-refractivity contribution in [3.63, 3.8) is 0 Å². The zero-order valence-electron chi connectivity index (χ0n) is 6.94. The maximum absolute atomic E-state index is 5.77. The Kier molecular flexibility index (Phi) is 2.22. The second kappa shape index (κ2) is 3.39. The largest absolute Gasteiger partial charge is 0.368 e. The Morgan fingerprint density at radius 3 is 2.21 bits per heavy atom. The Bertz CT molecular complexity index is 449. The Balaban J connectivity index is 2.51. The zero-order chi connectivity index (χ0) is 10.1. The molecule has 72 valence electrons. The third kappa shape index (κ3) is 1.75. The van der Waals surface area contributed by atoms with Crippen LogP contribution in [0, 0.1) is 0 Å². The van der Waals surface area contributed by atoms with Crippen molar-refractivity contribution >= 4 is 34.8 Å². The highest BCUT2D eigenvalue weighted by molar-refractivity contribution is 7.19. The van der Waals surface area contributed by atoms with Crippen molar-refractivity contribution in [3.05, 3.63) is 16.5 Å². The van der Waals surface area contributed by atoms with Crippen molar-refractivity contribution in [1.82, 2.24) is 15.0 Å². The summed E-state index contributed by atoms with van der Waals surface area (Å²) < 4.78 is 0.664. The molecule has 2 aromatic rings. The van der Waals surface area contributed by atoms with Gasteiger partial charge >= 0.3 is 0 Å². The first-order chi connectivity index (χ1) is 6.65. The molecule has 0 saturated carbocycles. The summed E-state index contributed by atoms with van der Waals surface area (Å²) in [5, 5.41) is 0. The smallest absolute Gasteiger partial charge is 0.225 e. The quantitative estimate of drug-likeness (QED) is 0.769. The fourth-order valence-electron chi connectivity index (χ4n) is 0.954. The second-order valence-electron chi connectivity index (χ2n) is 2.48. The van der Waals surface area contributed by atoms with Gasteiger partial charge in [0.25, 0.3) is 0 Å². The van der Waals surface area contributed by atoms with E-state index in [1.807, 2.05) is 0 Å². The number of thiophene rings is 1. The van der Waals surface area contributed by atoms with Crippen molar-refractivity contribution in [3.8, 4) is 10.7 Å². The molecule has 0 aliphatic rings. The third-order valence-electron chi connectivity index (χ3n) is 1.46. The SMILES string of the molecule is Nc1nc(N)nc(-c2ccc(Cl)s2)n1. The predicted molar refractivity (Wildman–Crippen MR) is 57.0 cm³/mol. The van der Waals surface area contributed by atoms with Crippen LogP contribution in [-0.2, 0) is 0 Å². The van der Waals surface area contributed by atoms with Gasteiger partial charge in [0.2, 0.25) is 11.9 Å². The van der Waals surface area contributed by atoms with Gasteiger partial charge in [-0.05, 0) is 12.1 Å². The number of nitrogens with two attached hydrogens (primary N) is 2. The van der Waals surface area contributed by atoms with Crippen molar-refractivity contribution < 1.29 is 0 Å². The molecule has 2 aromatic heterocycles. The van der Waals surface area contributed by atoms with Crippen molar-refractivity contribution in [2.45, 2.75) is 0 Å². The summed E-state index contributed by atoms with van der Waals surface area (Å²) in [6.07, 6.45) is 0. The standard InChI is InChI=1S/C7H6ClN5S/c8-4-2-1-3(14-4)5-11-6(9)13-7(10)12-5/h1-2H,(H4,9,10,11,12,13). The molecule has 4 N–H and O–H groups in total. The van der Waals surface area contributed by atoms with Gasteiger partial charge in [0.15, 0.2) is 5.82 Å². The molecule has 2 heterocycles. The average molecular weight is 228 g/mol. The van der Waals surface area contributed by atoms with Crippen LogP contribution in [0.5, 0.6) is 0 Å². The van der Waals surface area contributed by atoms with Crippen LogP contribution in [0.1, 0.15) is 0 Å². The first-order valence-electron chi connectivity index (χ1n) is 3.68. The van der Waals surface area contributed by atoms with Crippen molar-refractivity contribution in [2.75, 3.05) is 11.5 Å².